The minimum atomic E-state index is 0.708. The summed E-state index contributed by atoms with van der Waals surface area (Å²) in [4.78, 5) is 0. The Balaban J connectivity index is 2.28. The minimum absolute atomic E-state index is 0.708. The van der Waals surface area contributed by atoms with E-state index in [1.807, 2.05) is 13.0 Å². The van der Waals surface area contributed by atoms with Crippen molar-refractivity contribution < 1.29 is 0 Å². The van der Waals surface area contributed by atoms with Gasteiger partial charge in [-0.05, 0) is 23.8 Å². The Bertz CT molecular complexity index is 252. The van der Waals surface area contributed by atoms with Crippen molar-refractivity contribution in [2.45, 2.75) is 13.3 Å². The number of aromatic nitrogens is 4. The van der Waals surface area contributed by atoms with E-state index >= 15 is 0 Å². The molecule has 1 aromatic rings. The summed E-state index contributed by atoms with van der Waals surface area (Å²) in [5.74, 6) is 0.708. The lowest BCUT2D eigenvalue weighted by Gasteiger charge is -1.99. The van der Waals surface area contributed by atoms with Crippen LogP contribution in [-0.4, -0.2) is 26.8 Å². The molecule has 0 amide bonds. The highest BCUT2D eigenvalue weighted by Gasteiger charge is 1.97. The van der Waals surface area contributed by atoms with Crippen molar-refractivity contribution in [3.05, 3.63) is 12.2 Å². The molecule has 1 rings (SSSR count). The Kier molecular flexibility index (Phi) is 3.25. The van der Waals surface area contributed by atoms with Crippen LogP contribution in [0.3, 0.4) is 0 Å². The standard InChI is InChI=1S/C7H13N5/c1-3-4-5-6-8-7-9-10-11-12(7)2/h3-4H,5-6H2,1-2H3,(H,8,9,11)/b4-3+. The van der Waals surface area contributed by atoms with Crippen LogP contribution in [-0.2, 0) is 7.05 Å². The van der Waals surface area contributed by atoms with Gasteiger partial charge in [-0.1, -0.05) is 17.3 Å². The van der Waals surface area contributed by atoms with E-state index in [1.165, 1.54) is 0 Å². The van der Waals surface area contributed by atoms with Gasteiger partial charge in [-0.3, -0.25) is 0 Å². The van der Waals surface area contributed by atoms with E-state index in [1.54, 1.807) is 11.7 Å². The molecule has 0 aliphatic rings. The molecule has 0 radical (unpaired) electrons. The van der Waals surface area contributed by atoms with Gasteiger partial charge in [-0.2, -0.15) is 0 Å². The number of allylic oxidation sites excluding steroid dienone is 1. The molecule has 0 aromatic carbocycles. The fourth-order valence-electron chi connectivity index (χ4n) is 0.813. The lowest BCUT2D eigenvalue weighted by Crippen LogP contribution is -2.06. The molecular weight excluding hydrogens is 154 g/mol. The molecule has 0 aliphatic heterocycles. The van der Waals surface area contributed by atoms with Crippen LogP contribution in [0.4, 0.5) is 5.95 Å². The number of hydrogen-bond acceptors (Lipinski definition) is 4. The molecular formula is C7H13N5. The summed E-state index contributed by atoms with van der Waals surface area (Å²) in [5.41, 5.74) is 0. The molecule has 1 N–H and O–H groups in total. The lowest BCUT2D eigenvalue weighted by atomic mass is 10.4. The second-order valence-electron chi connectivity index (χ2n) is 2.41. The van der Waals surface area contributed by atoms with Crippen molar-refractivity contribution in [3.8, 4) is 0 Å². The molecule has 1 aromatic heterocycles. The van der Waals surface area contributed by atoms with Crippen molar-refractivity contribution >= 4 is 5.95 Å². The Labute approximate surface area is 71.5 Å². The first-order valence-corrected chi connectivity index (χ1v) is 3.92. The van der Waals surface area contributed by atoms with E-state index in [0.29, 0.717) is 5.95 Å². The summed E-state index contributed by atoms with van der Waals surface area (Å²) in [5, 5.41) is 14.1. The smallest absolute Gasteiger partial charge is 0.242 e. The van der Waals surface area contributed by atoms with Gasteiger partial charge in [0.25, 0.3) is 0 Å². The van der Waals surface area contributed by atoms with Gasteiger partial charge >= 0.3 is 0 Å². The summed E-state index contributed by atoms with van der Waals surface area (Å²) in [6.07, 6.45) is 5.11. The van der Waals surface area contributed by atoms with Crippen molar-refractivity contribution in [2.24, 2.45) is 7.05 Å². The second kappa shape index (κ2) is 4.48. The van der Waals surface area contributed by atoms with E-state index in [2.05, 4.69) is 26.9 Å². The number of nitrogens with zero attached hydrogens (tertiary/aromatic N) is 4. The average molecular weight is 167 g/mol. The molecule has 0 spiro atoms. The number of rotatable bonds is 4. The van der Waals surface area contributed by atoms with Crippen LogP contribution in [0.1, 0.15) is 13.3 Å². The zero-order valence-corrected chi connectivity index (χ0v) is 7.36. The van der Waals surface area contributed by atoms with E-state index in [9.17, 15) is 0 Å². The first kappa shape index (κ1) is 8.70. The molecule has 1 heterocycles. The minimum Gasteiger partial charge on any atom is -0.353 e. The number of tetrazole rings is 1. The maximum atomic E-state index is 3.78. The summed E-state index contributed by atoms with van der Waals surface area (Å²) in [6.45, 7) is 2.86. The number of aryl methyl sites for hydroxylation is 1. The predicted molar refractivity (Wildman–Crippen MR) is 46.7 cm³/mol. The monoisotopic (exact) mass is 167 g/mol. The third-order valence-electron chi connectivity index (χ3n) is 1.45. The fourth-order valence-corrected chi connectivity index (χ4v) is 0.813. The van der Waals surface area contributed by atoms with Crippen LogP contribution in [0.2, 0.25) is 0 Å². The van der Waals surface area contributed by atoms with Gasteiger partial charge in [0, 0.05) is 13.6 Å². The van der Waals surface area contributed by atoms with Gasteiger partial charge in [-0.25, -0.2) is 4.68 Å². The Morgan fingerprint density at radius 2 is 2.42 bits per heavy atom. The van der Waals surface area contributed by atoms with Crippen LogP contribution < -0.4 is 5.32 Å². The Morgan fingerprint density at radius 1 is 1.58 bits per heavy atom. The first-order valence-electron chi connectivity index (χ1n) is 3.92. The third-order valence-corrected chi connectivity index (χ3v) is 1.45. The van der Waals surface area contributed by atoms with E-state index in [0.717, 1.165) is 13.0 Å². The molecule has 0 fully saturated rings. The van der Waals surface area contributed by atoms with Crippen LogP contribution >= 0.6 is 0 Å². The van der Waals surface area contributed by atoms with Crippen LogP contribution in [0.5, 0.6) is 0 Å². The van der Waals surface area contributed by atoms with E-state index in [-0.39, 0.29) is 0 Å². The maximum Gasteiger partial charge on any atom is 0.242 e. The topological polar surface area (TPSA) is 55.6 Å². The largest absolute Gasteiger partial charge is 0.353 e. The van der Waals surface area contributed by atoms with Crippen molar-refractivity contribution in [3.63, 3.8) is 0 Å². The highest BCUT2D eigenvalue weighted by Crippen LogP contribution is 1.95. The number of nitrogens with one attached hydrogen (secondary N) is 1. The number of anilines is 1. The fraction of sp³-hybridized carbons (Fsp3) is 0.571. The van der Waals surface area contributed by atoms with Crippen LogP contribution in [0.25, 0.3) is 0 Å². The predicted octanol–water partition coefficient (Wildman–Crippen LogP) is 0.588. The average Bonchev–Trinajstić information content (AvgIpc) is 2.46. The van der Waals surface area contributed by atoms with E-state index in [4.69, 9.17) is 0 Å². The Morgan fingerprint density at radius 3 is 3.00 bits per heavy atom. The maximum absolute atomic E-state index is 3.78. The first-order chi connectivity index (χ1) is 5.84. The second-order valence-corrected chi connectivity index (χ2v) is 2.41. The molecule has 5 nitrogen and oxygen atoms in total. The van der Waals surface area contributed by atoms with Gasteiger partial charge in [0.2, 0.25) is 5.95 Å². The zero-order valence-electron chi connectivity index (χ0n) is 7.36. The summed E-state index contributed by atoms with van der Waals surface area (Å²) in [6, 6.07) is 0. The normalized spacial score (nSPS) is 10.8. The quantitative estimate of drug-likeness (QED) is 0.526. The molecule has 0 unspecified atom stereocenters. The lowest BCUT2D eigenvalue weighted by molar-refractivity contribution is 0.712. The molecule has 0 aliphatic carbocycles. The van der Waals surface area contributed by atoms with Gasteiger partial charge in [0.05, 0.1) is 0 Å². The highest BCUT2D eigenvalue weighted by atomic mass is 15.6. The molecule has 0 bridgehead atoms. The molecule has 0 saturated heterocycles. The van der Waals surface area contributed by atoms with Gasteiger partial charge in [0.15, 0.2) is 0 Å². The molecule has 12 heavy (non-hydrogen) atoms. The highest BCUT2D eigenvalue weighted by molar-refractivity contribution is 5.20. The van der Waals surface area contributed by atoms with Crippen LogP contribution in [0.15, 0.2) is 12.2 Å². The SMILES string of the molecule is C/C=C/CCNc1nnnn1C. The van der Waals surface area contributed by atoms with Gasteiger partial charge in [-0.15, -0.1) is 0 Å². The molecule has 5 heteroatoms. The van der Waals surface area contributed by atoms with Crippen molar-refractivity contribution in [1.82, 2.24) is 20.2 Å². The van der Waals surface area contributed by atoms with Crippen molar-refractivity contribution in [1.29, 1.82) is 0 Å². The van der Waals surface area contributed by atoms with Crippen LogP contribution in [0, 0.1) is 0 Å². The molecule has 0 atom stereocenters. The van der Waals surface area contributed by atoms with Gasteiger partial charge < -0.3 is 5.32 Å². The molecule has 0 saturated carbocycles. The third kappa shape index (κ3) is 2.34. The molecule has 66 valence electrons. The summed E-state index contributed by atoms with van der Waals surface area (Å²) >= 11 is 0. The number of hydrogen-bond donors (Lipinski definition) is 1. The van der Waals surface area contributed by atoms with Crippen molar-refractivity contribution in [2.75, 3.05) is 11.9 Å². The van der Waals surface area contributed by atoms with Gasteiger partial charge in [0.1, 0.15) is 0 Å². The Hall–Kier alpha value is -1.39. The van der Waals surface area contributed by atoms with E-state index < -0.39 is 0 Å². The summed E-state index contributed by atoms with van der Waals surface area (Å²) < 4.78 is 1.61. The summed E-state index contributed by atoms with van der Waals surface area (Å²) in [7, 11) is 1.80. The zero-order chi connectivity index (χ0) is 8.81.